The van der Waals surface area contributed by atoms with Crippen LogP contribution in [0.4, 0.5) is 4.79 Å². The molecule has 0 radical (unpaired) electrons. The minimum Gasteiger partial charge on any atom is -0.444 e. The molecular weight excluding hydrogens is 448 g/mol. The quantitative estimate of drug-likeness (QED) is 0.472. The number of imidazole rings is 1. The molecule has 34 heavy (non-hydrogen) atoms. The number of benzene rings is 2. The number of hydrogen-bond acceptors (Lipinski definition) is 5. The SMILES string of the molecule is CC(C)(C)OC(=O)NCC1CCN(C(=O)c2ccccc2CSc2nc3ccccc3[nH]2)CC1. The predicted octanol–water partition coefficient (Wildman–Crippen LogP) is 5.23. The Balaban J connectivity index is 1.31. The van der Waals surface area contributed by atoms with Crippen molar-refractivity contribution in [3.05, 3.63) is 59.7 Å². The lowest BCUT2D eigenvalue weighted by atomic mass is 9.96. The minimum absolute atomic E-state index is 0.0688. The van der Waals surface area contributed by atoms with Gasteiger partial charge in [0.1, 0.15) is 5.60 Å². The van der Waals surface area contributed by atoms with Gasteiger partial charge in [-0.25, -0.2) is 9.78 Å². The molecule has 0 aliphatic carbocycles. The molecule has 7 nitrogen and oxygen atoms in total. The second kappa shape index (κ2) is 10.5. The molecule has 2 heterocycles. The summed E-state index contributed by atoms with van der Waals surface area (Å²) in [6, 6.07) is 15.8. The summed E-state index contributed by atoms with van der Waals surface area (Å²) in [5.74, 6) is 1.08. The van der Waals surface area contributed by atoms with E-state index in [1.807, 2.05) is 74.2 Å². The number of para-hydroxylation sites is 2. The predicted molar refractivity (Wildman–Crippen MR) is 135 cm³/mol. The average Bonchev–Trinajstić information content (AvgIpc) is 3.23. The summed E-state index contributed by atoms with van der Waals surface area (Å²) < 4.78 is 5.31. The first-order valence-electron chi connectivity index (χ1n) is 11.7. The minimum atomic E-state index is -0.504. The van der Waals surface area contributed by atoms with E-state index in [4.69, 9.17) is 4.74 Å². The van der Waals surface area contributed by atoms with E-state index in [1.54, 1.807) is 11.8 Å². The maximum Gasteiger partial charge on any atom is 0.407 e. The second-order valence-electron chi connectivity index (χ2n) is 9.62. The zero-order chi connectivity index (χ0) is 24.1. The Morgan fingerprint density at radius 1 is 1.12 bits per heavy atom. The van der Waals surface area contributed by atoms with Gasteiger partial charge in [0.15, 0.2) is 5.16 Å². The smallest absolute Gasteiger partial charge is 0.407 e. The number of H-pyrrole nitrogens is 1. The van der Waals surface area contributed by atoms with Crippen LogP contribution in [-0.4, -0.2) is 52.1 Å². The lowest BCUT2D eigenvalue weighted by molar-refractivity contribution is 0.0500. The highest BCUT2D eigenvalue weighted by Gasteiger charge is 2.26. The van der Waals surface area contributed by atoms with E-state index in [0.29, 0.717) is 31.3 Å². The van der Waals surface area contributed by atoms with Crippen molar-refractivity contribution in [2.24, 2.45) is 5.92 Å². The molecule has 1 saturated heterocycles. The van der Waals surface area contributed by atoms with Gasteiger partial charge >= 0.3 is 6.09 Å². The fourth-order valence-electron chi connectivity index (χ4n) is 4.05. The Kier molecular flexibility index (Phi) is 7.46. The standard InChI is InChI=1S/C26H32N4O3S/c1-26(2,3)33-25(32)27-16-18-12-14-30(15-13-18)23(31)20-9-5-4-8-19(20)17-34-24-28-21-10-6-7-11-22(21)29-24/h4-11,18H,12-17H2,1-3H3,(H,27,32)(H,28,29). The Hall–Kier alpha value is -3.00. The second-order valence-corrected chi connectivity index (χ2v) is 10.6. The van der Waals surface area contributed by atoms with Crippen LogP contribution in [0.3, 0.4) is 0 Å². The number of carbonyl (C=O) groups excluding carboxylic acids is 2. The number of carbonyl (C=O) groups is 2. The topological polar surface area (TPSA) is 87.3 Å². The normalized spacial score (nSPS) is 14.9. The van der Waals surface area contributed by atoms with Crippen molar-refractivity contribution >= 4 is 34.8 Å². The fraction of sp³-hybridized carbons (Fsp3) is 0.423. The van der Waals surface area contributed by atoms with Gasteiger partial charge in [0, 0.05) is 31.0 Å². The van der Waals surface area contributed by atoms with Crippen molar-refractivity contribution in [3.63, 3.8) is 0 Å². The number of amides is 2. The van der Waals surface area contributed by atoms with Crippen molar-refractivity contribution in [3.8, 4) is 0 Å². The molecule has 1 aliphatic rings. The Morgan fingerprint density at radius 3 is 2.56 bits per heavy atom. The van der Waals surface area contributed by atoms with E-state index in [2.05, 4.69) is 15.3 Å². The zero-order valence-electron chi connectivity index (χ0n) is 20.0. The number of nitrogens with zero attached hydrogens (tertiary/aromatic N) is 2. The van der Waals surface area contributed by atoms with Gasteiger partial charge in [0.2, 0.25) is 0 Å². The van der Waals surface area contributed by atoms with Crippen molar-refractivity contribution in [1.82, 2.24) is 20.2 Å². The third kappa shape index (κ3) is 6.32. The van der Waals surface area contributed by atoms with E-state index in [-0.39, 0.29) is 12.0 Å². The van der Waals surface area contributed by atoms with Crippen LogP contribution in [0.15, 0.2) is 53.7 Å². The van der Waals surface area contributed by atoms with Gasteiger partial charge in [0.05, 0.1) is 11.0 Å². The molecular formula is C26H32N4O3S. The Morgan fingerprint density at radius 2 is 1.82 bits per heavy atom. The molecule has 2 N–H and O–H groups in total. The van der Waals surface area contributed by atoms with Crippen molar-refractivity contribution in [2.75, 3.05) is 19.6 Å². The largest absolute Gasteiger partial charge is 0.444 e. The lowest BCUT2D eigenvalue weighted by Crippen LogP contribution is -2.42. The van der Waals surface area contributed by atoms with Crippen LogP contribution < -0.4 is 5.32 Å². The summed E-state index contributed by atoms with van der Waals surface area (Å²) in [4.78, 5) is 35.1. The van der Waals surface area contributed by atoms with E-state index >= 15 is 0 Å². The van der Waals surface area contributed by atoms with Crippen LogP contribution in [0.5, 0.6) is 0 Å². The molecule has 1 fully saturated rings. The molecule has 0 atom stereocenters. The molecule has 1 aromatic heterocycles. The first-order chi connectivity index (χ1) is 16.3. The summed E-state index contributed by atoms with van der Waals surface area (Å²) in [6.07, 6.45) is 1.33. The molecule has 180 valence electrons. The number of alkyl carbamates (subject to hydrolysis) is 1. The summed E-state index contributed by atoms with van der Waals surface area (Å²) in [5.41, 5.74) is 3.20. The number of likely N-dealkylation sites (tertiary alicyclic amines) is 1. The number of ether oxygens (including phenoxy) is 1. The summed E-state index contributed by atoms with van der Waals surface area (Å²) in [6.45, 7) is 7.49. The van der Waals surface area contributed by atoms with Gasteiger partial charge in [0.25, 0.3) is 5.91 Å². The molecule has 0 bridgehead atoms. The number of aromatic amines is 1. The van der Waals surface area contributed by atoms with Gasteiger partial charge in [-0.1, -0.05) is 42.1 Å². The van der Waals surface area contributed by atoms with Crippen LogP contribution >= 0.6 is 11.8 Å². The van der Waals surface area contributed by atoms with Crippen LogP contribution in [-0.2, 0) is 10.5 Å². The number of nitrogens with one attached hydrogen (secondary N) is 2. The molecule has 0 saturated carbocycles. The number of hydrogen-bond donors (Lipinski definition) is 2. The molecule has 2 amide bonds. The molecule has 4 rings (SSSR count). The molecule has 8 heteroatoms. The highest BCUT2D eigenvalue weighted by molar-refractivity contribution is 7.98. The van der Waals surface area contributed by atoms with Gasteiger partial charge in [-0.3, -0.25) is 4.79 Å². The monoisotopic (exact) mass is 480 g/mol. The van der Waals surface area contributed by atoms with E-state index in [9.17, 15) is 9.59 Å². The van der Waals surface area contributed by atoms with Gasteiger partial charge in [-0.2, -0.15) is 0 Å². The molecule has 1 aliphatic heterocycles. The highest BCUT2D eigenvalue weighted by atomic mass is 32.2. The molecule has 3 aromatic rings. The van der Waals surface area contributed by atoms with Gasteiger partial charge < -0.3 is 19.9 Å². The highest BCUT2D eigenvalue weighted by Crippen LogP contribution is 2.26. The maximum atomic E-state index is 13.3. The van der Waals surface area contributed by atoms with Crippen LogP contribution in [0, 0.1) is 5.92 Å². The van der Waals surface area contributed by atoms with Gasteiger partial charge in [-0.15, -0.1) is 0 Å². The third-order valence-corrected chi connectivity index (χ3v) is 6.74. The maximum absolute atomic E-state index is 13.3. The van der Waals surface area contributed by atoms with Crippen LogP contribution in [0.2, 0.25) is 0 Å². The van der Waals surface area contributed by atoms with Crippen LogP contribution in [0.1, 0.15) is 49.5 Å². The Bertz CT molecular complexity index is 1110. The van der Waals surface area contributed by atoms with E-state index in [0.717, 1.165) is 40.2 Å². The molecule has 0 spiro atoms. The lowest BCUT2D eigenvalue weighted by Gasteiger charge is -2.32. The Labute approximate surface area is 204 Å². The summed E-state index contributed by atoms with van der Waals surface area (Å²) >= 11 is 1.60. The van der Waals surface area contributed by atoms with E-state index in [1.165, 1.54) is 0 Å². The zero-order valence-corrected chi connectivity index (χ0v) is 20.8. The van der Waals surface area contributed by atoms with E-state index < -0.39 is 5.60 Å². The van der Waals surface area contributed by atoms with Crippen LogP contribution in [0.25, 0.3) is 11.0 Å². The number of thioether (sulfide) groups is 1. The summed E-state index contributed by atoms with van der Waals surface area (Å²) in [7, 11) is 0. The first kappa shape index (κ1) is 24.1. The third-order valence-electron chi connectivity index (χ3n) is 5.82. The first-order valence-corrected chi connectivity index (χ1v) is 12.7. The van der Waals surface area contributed by atoms with Crippen molar-refractivity contribution < 1.29 is 14.3 Å². The molecule has 2 aromatic carbocycles. The number of rotatable bonds is 6. The fourth-order valence-corrected chi connectivity index (χ4v) is 4.94. The van der Waals surface area contributed by atoms with Crippen molar-refractivity contribution in [2.45, 2.75) is 50.1 Å². The summed E-state index contributed by atoms with van der Waals surface area (Å²) in [5, 5.41) is 3.71. The average molecular weight is 481 g/mol. The van der Waals surface area contributed by atoms with Crippen molar-refractivity contribution in [1.29, 1.82) is 0 Å². The number of piperidine rings is 1. The number of aromatic nitrogens is 2. The van der Waals surface area contributed by atoms with Gasteiger partial charge in [-0.05, 0) is 63.3 Å². The number of fused-ring (bicyclic) bond motifs is 1. The molecule has 0 unspecified atom stereocenters.